The summed E-state index contributed by atoms with van der Waals surface area (Å²) < 4.78 is 11.3. The Balaban J connectivity index is 1.47. The van der Waals surface area contributed by atoms with E-state index in [2.05, 4.69) is 15.2 Å². The van der Waals surface area contributed by atoms with Gasteiger partial charge in [-0.2, -0.15) is 0 Å². The molecule has 1 N–H and O–H groups in total. The van der Waals surface area contributed by atoms with Crippen molar-refractivity contribution in [3.63, 3.8) is 0 Å². The molecular formula is C28H32N4O6. The molecule has 10 nitrogen and oxygen atoms in total. The molecule has 0 fully saturated rings. The summed E-state index contributed by atoms with van der Waals surface area (Å²) in [5, 5.41) is 4.73. The molecule has 0 aliphatic carbocycles. The first-order chi connectivity index (χ1) is 18.0. The number of nitrogens with one attached hydrogen (secondary N) is 1. The van der Waals surface area contributed by atoms with Gasteiger partial charge in [0.15, 0.2) is 0 Å². The summed E-state index contributed by atoms with van der Waals surface area (Å²) in [5.41, 5.74) is 0.379. The van der Waals surface area contributed by atoms with Crippen LogP contribution in [0.1, 0.15) is 41.5 Å². The molecule has 0 spiro atoms. The second-order valence-corrected chi connectivity index (χ2v) is 10.2. The fourth-order valence-corrected chi connectivity index (χ4v) is 3.77. The summed E-state index contributed by atoms with van der Waals surface area (Å²) in [4.78, 5) is 50.8. The van der Waals surface area contributed by atoms with E-state index >= 15 is 0 Å². The predicted molar refractivity (Wildman–Crippen MR) is 142 cm³/mol. The number of carbonyl (C=O) groups is 3. The highest BCUT2D eigenvalue weighted by molar-refractivity contribution is 6.20. The highest BCUT2D eigenvalue weighted by atomic mass is 16.7. The number of carbonyl (C=O) groups excluding carboxylic acids is 3. The summed E-state index contributed by atoms with van der Waals surface area (Å²) >= 11 is 0. The average molecular weight is 521 g/mol. The molecule has 1 aliphatic heterocycles. The molecule has 2 aromatic carbocycles. The number of esters is 1. The minimum absolute atomic E-state index is 0.207. The zero-order valence-corrected chi connectivity index (χ0v) is 22.2. The van der Waals surface area contributed by atoms with Crippen LogP contribution < -0.4 is 10.1 Å². The van der Waals surface area contributed by atoms with Crippen LogP contribution in [0.3, 0.4) is 0 Å². The van der Waals surface area contributed by atoms with Gasteiger partial charge in [0, 0.05) is 18.5 Å². The van der Waals surface area contributed by atoms with Gasteiger partial charge in [0.25, 0.3) is 11.8 Å². The molecule has 3 aromatic rings. The fourth-order valence-electron chi connectivity index (χ4n) is 3.77. The van der Waals surface area contributed by atoms with Gasteiger partial charge in [-0.3, -0.25) is 9.59 Å². The van der Waals surface area contributed by atoms with Crippen LogP contribution in [0.25, 0.3) is 10.9 Å². The molecule has 0 unspecified atom stereocenters. The predicted octanol–water partition coefficient (Wildman–Crippen LogP) is 3.53. The van der Waals surface area contributed by atoms with Gasteiger partial charge in [-0.15, -0.1) is 5.06 Å². The van der Waals surface area contributed by atoms with Gasteiger partial charge in [-0.25, -0.2) is 14.6 Å². The Bertz CT molecular complexity index is 1320. The van der Waals surface area contributed by atoms with Crippen molar-refractivity contribution < 1.29 is 28.7 Å². The first-order valence-corrected chi connectivity index (χ1v) is 12.3. The summed E-state index contributed by atoms with van der Waals surface area (Å²) in [6.45, 7) is 6.51. The normalized spacial score (nSPS) is 14.1. The Morgan fingerprint density at radius 2 is 1.71 bits per heavy atom. The van der Waals surface area contributed by atoms with Crippen molar-refractivity contribution in [2.24, 2.45) is 0 Å². The number of benzene rings is 2. The van der Waals surface area contributed by atoms with Crippen LogP contribution in [0.2, 0.25) is 0 Å². The Hall–Kier alpha value is -4.02. The Labute approximate surface area is 221 Å². The maximum Gasteiger partial charge on any atom is 0.342 e. The van der Waals surface area contributed by atoms with E-state index < -0.39 is 29.5 Å². The number of hydroxylamine groups is 2. The molecule has 38 heavy (non-hydrogen) atoms. The standard InChI is InChI=1S/C28H32N4O6/c1-28(2,3)37-27(35)23(38-32-25(33)20-8-6-7-9-21(20)26(32)34)17-36-19-11-12-22-18(16-19)10-13-24(30-22)29-14-15-31(4)5/h6-13,16,23H,14-15,17H2,1-5H3,(H,29,30)/t23-/m0/s1. The summed E-state index contributed by atoms with van der Waals surface area (Å²) in [7, 11) is 4.02. The van der Waals surface area contributed by atoms with Crippen molar-refractivity contribution in [3.05, 3.63) is 65.7 Å². The van der Waals surface area contributed by atoms with E-state index in [0.29, 0.717) is 10.8 Å². The van der Waals surface area contributed by atoms with E-state index in [-0.39, 0.29) is 17.7 Å². The second kappa shape index (κ2) is 11.2. The topological polar surface area (TPSA) is 110 Å². The van der Waals surface area contributed by atoms with E-state index in [0.717, 1.165) is 29.8 Å². The maximum atomic E-state index is 12.9. The number of likely N-dealkylation sites (N-methyl/N-ethyl adjacent to an activating group) is 1. The molecule has 0 saturated carbocycles. The van der Waals surface area contributed by atoms with Crippen molar-refractivity contribution >= 4 is 34.5 Å². The monoisotopic (exact) mass is 520 g/mol. The van der Waals surface area contributed by atoms with E-state index in [1.807, 2.05) is 32.3 Å². The molecule has 0 saturated heterocycles. The molecule has 1 aliphatic rings. The number of rotatable bonds is 10. The highest BCUT2D eigenvalue weighted by Crippen LogP contribution is 2.25. The molecule has 0 bridgehead atoms. The first-order valence-electron chi connectivity index (χ1n) is 12.3. The van der Waals surface area contributed by atoms with Gasteiger partial charge in [0.1, 0.15) is 23.8 Å². The number of anilines is 1. The summed E-state index contributed by atoms with van der Waals surface area (Å²) in [6.07, 6.45) is -1.37. The molecule has 10 heteroatoms. The van der Waals surface area contributed by atoms with Gasteiger partial charge in [-0.05, 0) is 77.3 Å². The van der Waals surface area contributed by atoms with E-state index in [1.165, 1.54) is 12.1 Å². The van der Waals surface area contributed by atoms with Crippen LogP contribution in [-0.2, 0) is 14.4 Å². The number of hydrogen-bond donors (Lipinski definition) is 1. The van der Waals surface area contributed by atoms with Crippen LogP contribution in [0.15, 0.2) is 54.6 Å². The number of aromatic nitrogens is 1. The fraction of sp³-hybridized carbons (Fsp3) is 0.357. The third-order valence-corrected chi connectivity index (χ3v) is 5.59. The van der Waals surface area contributed by atoms with Gasteiger partial charge in [-0.1, -0.05) is 12.1 Å². The van der Waals surface area contributed by atoms with Crippen molar-refractivity contribution in [3.8, 4) is 5.75 Å². The van der Waals surface area contributed by atoms with Crippen LogP contribution in [0.5, 0.6) is 5.75 Å². The van der Waals surface area contributed by atoms with Gasteiger partial charge in [0.2, 0.25) is 6.10 Å². The SMILES string of the molecule is CN(C)CCNc1ccc2cc(OC[C@H](ON3C(=O)c4ccccc4C3=O)C(=O)OC(C)(C)C)ccc2n1. The van der Waals surface area contributed by atoms with Crippen molar-refractivity contribution in [1.82, 2.24) is 14.9 Å². The molecule has 1 atom stereocenters. The Morgan fingerprint density at radius 3 is 2.34 bits per heavy atom. The lowest BCUT2D eigenvalue weighted by Gasteiger charge is -2.26. The van der Waals surface area contributed by atoms with Crippen molar-refractivity contribution in [2.75, 3.05) is 39.1 Å². The van der Waals surface area contributed by atoms with Gasteiger partial charge >= 0.3 is 5.97 Å². The number of pyridine rings is 1. The second-order valence-electron chi connectivity index (χ2n) is 10.2. The zero-order valence-electron chi connectivity index (χ0n) is 22.2. The van der Waals surface area contributed by atoms with Crippen LogP contribution in [0, 0.1) is 0 Å². The van der Waals surface area contributed by atoms with Crippen LogP contribution in [0.4, 0.5) is 5.82 Å². The molecule has 2 amide bonds. The molecule has 4 rings (SSSR count). The highest BCUT2D eigenvalue weighted by Gasteiger charge is 2.40. The Morgan fingerprint density at radius 1 is 1.03 bits per heavy atom. The number of ether oxygens (including phenoxy) is 2. The van der Waals surface area contributed by atoms with E-state index in [1.54, 1.807) is 45.0 Å². The van der Waals surface area contributed by atoms with Crippen molar-refractivity contribution in [2.45, 2.75) is 32.5 Å². The number of fused-ring (bicyclic) bond motifs is 2. The Kier molecular flexibility index (Phi) is 7.94. The average Bonchev–Trinajstić information content (AvgIpc) is 3.10. The zero-order chi connectivity index (χ0) is 27.4. The van der Waals surface area contributed by atoms with E-state index in [9.17, 15) is 14.4 Å². The first kappa shape index (κ1) is 27.0. The largest absolute Gasteiger partial charge is 0.490 e. The van der Waals surface area contributed by atoms with Gasteiger partial charge in [0.05, 0.1) is 16.6 Å². The minimum Gasteiger partial charge on any atom is -0.490 e. The maximum absolute atomic E-state index is 12.9. The number of amides is 2. The summed E-state index contributed by atoms with van der Waals surface area (Å²) in [5.74, 6) is -0.818. The number of hydrogen-bond acceptors (Lipinski definition) is 9. The quantitative estimate of drug-likeness (QED) is 0.317. The molecule has 200 valence electrons. The van der Waals surface area contributed by atoms with Crippen molar-refractivity contribution in [1.29, 1.82) is 0 Å². The lowest BCUT2D eigenvalue weighted by Crippen LogP contribution is -2.43. The third kappa shape index (κ3) is 6.45. The third-order valence-electron chi connectivity index (χ3n) is 5.59. The molecule has 1 aromatic heterocycles. The number of nitrogens with zero attached hydrogens (tertiary/aromatic N) is 3. The minimum atomic E-state index is -1.37. The smallest absolute Gasteiger partial charge is 0.342 e. The van der Waals surface area contributed by atoms with E-state index in [4.69, 9.17) is 14.3 Å². The molecule has 2 heterocycles. The van der Waals surface area contributed by atoms with Crippen LogP contribution in [-0.4, -0.2) is 78.2 Å². The lowest BCUT2D eigenvalue weighted by molar-refractivity contribution is -0.193. The molecule has 0 radical (unpaired) electrons. The van der Waals surface area contributed by atoms with Gasteiger partial charge < -0.3 is 19.7 Å². The van der Waals surface area contributed by atoms with Crippen LogP contribution >= 0.6 is 0 Å². The summed E-state index contributed by atoms with van der Waals surface area (Å²) in [6, 6.07) is 15.5. The number of imide groups is 1. The lowest BCUT2D eigenvalue weighted by atomic mass is 10.1. The molecular weight excluding hydrogens is 488 g/mol.